The van der Waals surface area contributed by atoms with Gasteiger partial charge in [-0.1, -0.05) is 0 Å². The average Bonchev–Trinajstić information content (AvgIpc) is 2.27. The monoisotopic (exact) mass is 266 g/mol. The summed E-state index contributed by atoms with van der Waals surface area (Å²) in [6, 6.07) is 1.92. The highest BCUT2D eigenvalue weighted by Gasteiger charge is 2.16. The molecule has 1 heterocycles. The number of aryl methyl sites for hydroxylation is 1. The molecule has 0 aliphatic carbocycles. The van der Waals surface area contributed by atoms with E-state index < -0.39 is 0 Å². The molecule has 0 saturated carbocycles. The van der Waals surface area contributed by atoms with Gasteiger partial charge in [0, 0.05) is 31.2 Å². The first-order valence-corrected chi connectivity index (χ1v) is 6.55. The molecular formula is C13H26N6. The summed E-state index contributed by atoms with van der Waals surface area (Å²) in [4.78, 5) is 10.9. The highest BCUT2D eigenvalue weighted by atomic mass is 15.1. The molecule has 1 rings (SSSR count). The second kappa shape index (κ2) is 6.68. The van der Waals surface area contributed by atoms with E-state index in [1.807, 2.05) is 40.9 Å². The zero-order chi connectivity index (χ0) is 14.5. The third-order valence-electron chi connectivity index (χ3n) is 2.68. The Balaban J connectivity index is 2.71. The first-order chi connectivity index (χ1) is 8.82. The molecule has 0 aliphatic rings. The Bertz CT molecular complexity index is 402. The van der Waals surface area contributed by atoms with Gasteiger partial charge in [-0.25, -0.2) is 9.97 Å². The summed E-state index contributed by atoms with van der Waals surface area (Å²) < 4.78 is 0. The van der Waals surface area contributed by atoms with Crippen LogP contribution < -0.4 is 16.4 Å². The van der Waals surface area contributed by atoms with Gasteiger partial charge >= 0.3 is 0 Å². The maximum atomic E-state index is 5.72. The molecule has 0 aromatic carbocycles. The van der Waals surface area contributed by atoms with Crippen molar-refractivity contribution in [3.05, 3.63) is 11.9 Å². The number of nitrogens with one attached hydrogen (secondary N) is 2. The third-order valence-corrected chi connectivity index (χ3v) is 2.68. The van der Waals surface area contributed by atoms with Crippen molar-refractivity contribution in [2.24, 2.45) is 5.73 Å². The second-order valence-electron chi connectivity index (χ2n) is 5.63. The summed E-state index contributed by atoms with van der Waals surface area (Å²) in [5.41, 5.74) is 5.54. The summed E-state index contributed by atoms with van der Waals surface area (Å²) in [5, 5.41) is 6.62. The first kappa shape index (κ1) is 15.7. The number of nitrogens with two attached hydrogens (primary N) is 1. The molecular weight excluding hydrogens is 240 g/mol. The van der Waals surface area contributed by atoms with E-state index in [9.17, 15) is 0 Å². The van der Waals surface area contributed by atoms with Gasteiger partial charge in [0.25, 0.3) is 0 Å². The predicted octanol–water partition coefficient (Wildman–Crippen LogP) is 0.908. The summed E-state index contributed by atoms with van der Waals surface area (Å²) >= 11 is 0. The van der Waals surface area contributed by atoms with Crippen LogP contribution in [-0.2, 0) is 0 Å². The third kappa shape index (κ3) is 5.85. The topological polar surface area (TPSA) is 79.1 Å². The van der Waals surface area contributed by atoms with E-state index in [-0.39, 0.29) is 5.54 Å². The van der Waals surface area contributed by atoms with Crippen LogP contribution in [0.4, 0.5) is 11.6 Å². The zero-order valence-electron chi connectivity index (χ0n) is 12.6. The van der Waals surface area contributed by atoms with E-state index in [0.29, 0.717) is 6.54 Å². The number of nitrogens with zero attached hydrogens (tertiary/aromatic N) is 3. The van der Waals surface area contributed by atoms with Crippen LogP contribution in [0.25, 0.3) is 0 Å². The summed E-state index contributed by atoms with van der Waals surface area (Å²) in [6.07, 6.45) is 0. The molecule has 0 aliphatic heterocycles. The van der Waals surface area contributed by atoms with Crippen molar-refractivity contribution in [3.63, 3.8) is 0 Å². The predicted molar refractivity (Wildman–Crippen MR) is 80.6 cm³/mol. The maximum absolute atomic E-state index is 5.72. The van der Waals surface area contributed by atoms with E-state index in [0.717, 1.165) is 30.5 Å². The minimum atomic E-state index is -0.179. The van der Waals surface area contributed by atoms with Gasteiger partial charge in [0.15, 0.2) is 0 Å². The maximum Gasteiger partial charge on any atom is 0.132 e. The number of anilines is 2. The highest BCUT2D eigenvalue weighted by Crippen LogP contribution is 2.15. The Morgan fingerprint density at radius 1 is 1.26 bits per heavy atom. The van der Waals surface area contributed by atoms with Crippen molar-refractivity contribution < 1.29 is 0 Å². The van der Waals surface area contributed by atoms with Gasteiger partial charge in [-0.2, -0.15) is 0 Å². The van der Waals surface area contributed by atoms with Crippen LogP contribution in [0.5, 0.6) is 0 Å². The van der Waals surface area contributed by atoms with Gasteiger partial charge < -0.3 is 21.3 Å². The summed E-state index contributed by atoms with van der Waals surface area (Å²) in [5.74, 6) is 2.38. The van der Waals surface area contributed by atoms with Gasteiger partial charge in [0.2, 0.25) is 0 Å². The molecule has 6 nitrogen and oxygen atoms in total. The van der Waals surface area contributed by atoms with Gasteiger partial charge in [-0.3, -0.25) is 0 Å². The van der Waals surface area contributed by atoms with Crippen LogP contribution >= 0.6 is 0 Å². The first-order valence-electron chi connectivity index (χ1n) is 6.55. The van der Waals surface area contributed by atoms with Gasteiger partial charge in [-0.15, -0.1) is 0 Å². The lowest BCUT2D eigenvalue weighted by atomic mass is 10.1. The lowest BCUT2D eigenvalue weighted by Crippen LogP contribution is -2.39. The fourth-order valence-corrected chi connectivity index (χ4v) is 1.53. The van der Waals surface area contributed by atoms with Crippen molar-refractivity contribution >= 4 is 11.6 Å². The molecule has 0 amide bonds. The molecule has 4 N–H and O–H groups in total. The Kier molecular flexibility index (Phi) is 5.50. The molecule has 6 heteroatoms. The van der Waals surface area contributed by atoms with E-state index in [4.69, 9.17) is 5.73 Å². The average molecular weight is 266 g/mol. The highest BCUT2D eigenvalue weighted by molar-refractivity contribution is 5.48. The van der Waals surface area contributed by atoms with Crippen LogP contribution in [0.15, 0.2) is 6.07 Å². The number of aromatic nitrogens is 2. The molecule has 0 atom stereocenters. The minimum Gasteiger partial charge on any atom is -0.369 e. The number of hydrogen-bond donors (Lipinski definition) is 3. The largest absolute Gasteiger partial charge is 0.369 e. The van der Waals surface area contributed by atoms with E-state index in [2.05, 4.69) is 25.5 Å². The summed E-state index contributed by atoms with van der Waals surface area (Å²) in [6.45, 7) is 8.33. The zero-order valence-corrected chi connectivity index (χ0v) is 12.6. The Morgan fingerprint density at radius 3 is 2.47 bits per heavy atom. The molecule has 0 fully saturated rings. The van der Waals surface area contributed by atoms with E-state index in [1.54, 1.807) is 0 Å². The van der Waals surface area contributed by atoms with Crippen LogP contribution in [-0.4, -0.2) is 54.1 Å². The molecule has 0 spiro atoms. The smallest absolute Gasteiger partial charge is 0.132 e. The SMILES string of the molecule is Cc1nc(NCCN(C)C)cc(NC(C)(C)CN)n1. The fraction of sp³-hybridized carbons (Fsp3) is 0.692. The van der Waals surface area contributed by atoms with Crippen LogP contribution in [0.2, 0.25) is 0 Å². The number of rotatable bonds is 7. The molecule has 108 valence electrons. The standard InChI is InChI=1S/C13H26N6/c1-10-16-11(15-6-7-19(4)5)8-12(17-10)18-13(2,3)9-14/h8H,6-7,9,14H2,1-5H3,(H2,15,16,17,18). The Morgan fingerprint density at radius 2 is 1.89 bits per heavy atom. The molecule has 1 aromatic rings. The fourth-order valence-electron chi connectivity index (χ4n) is 1.53. The van der Waals surface area contributed by atoms with E-state index >= 15 is 0 Å². The van der Waals surface area contributed by atoms with Gasteiger partial charge in [0.05, 0.1) is 0 Å². The number of hydrogen-bond acceptors (Lipinski definition) is 6. The van der Waals surface area contributed by atoms with Gasteiger partial charge in [-0.05, 0) is 34.9 Å². The number of likely N-dealkylation sites (N-methyl/N-ethyl adjacent to an activating group) is 1. The van der Waals surface area contributed by atoms with Crippen LogP contribution in [0.1, 0.15) is 19.7 Å². The summed E-state index contributed by atoms with van der Waals surface area (Å²) in [7, 11) is 4.09. The normalized spacial score (nSPS) is 11.7. The molecule has 0 radical (unpaired) electrons. The lowest BCUT2D eigenvalue weighted by molar-refractivity contribution is 0.425. The van der Waals surface area contributed by atoms with Crippen molar-refractivity contribution in [1.82, 2.24) is 14.9 Å². The second-order valence-corrected chi connectivity index (χ2v) is 5.63. The minimum absolute atomic E-state index is 0.179. The van der Waals surface area contributed by atoms with Crippen LogP contribution in [0, 0.1) is 6.92 Å². The Hall–Kier alpha value is -1.40. The van der Waals surface area contributed by atoms with Crippen molar-refractivity contribution in [2.75, 3.05) is 44.4 Å². The van der Waals surface area contributed by atoms with Crippen LogP contribution in [0.3, 0.4) is 0 Å². The van der Waals surface area contributed by atoms with Crippen molar-refractivity contribution in [1.29, 1.82) is 0 Å². The molecule has 0 bridgehead atoms. The lowest BCUT2D eigenvalue weighted by Gasteiger charge is -2.25. The van der Waals surface area contributed by atoms with Crippen molar-refractivity contribution in [3.8, 4) is 0 Å². The van der Waals surface area contributed by atoms with E-state index in [1.165, 1.54) is 0 Å². The quantitative estimate of drug-likeness (QED) is 0.681. The Labute approximate surface area is 115 Å². The molecule has 0 unspecified atom stereocenters. The molecule has 0 saturated heterocycles. The molecule has 19 heavy (non-hydrogen) atoms. The molecule has 1 aromatic heterocycles. The van der Waals surface area contributed by atoms with Gasteiger partial charge in [0.1, 0.15) is 17.5 Å². The van der Waals surface area contributed by atoms with Crippen molar-refractivity contribution in [2.45, 2.75) is 26.3 Å².